The van der Waals surface area contributed by atoms with Gasteiger partial charge in [-0.3, -0.25) is 4.79 Å². The fraction of sp³-hybridized carbons (Fsp3) is 0.286. The second-order valence-electron chi connectivity index (χ2n) is 6.57. The van der Waals surface area contributed by atoms with Crippen molar-refractivity contribution in [3.63, 3.8) is 0 Å². The molecule has 0 saturated heterocycles. The van der Waals surface area contributed by atoms with Crippen LogP contribution in [0.1, 0.15) is 23.9 Å². The number of benzene rings is 2. The quantitative estimate of drug-likeness (QED) is 0.519. The van der Waals surface area contributed by atoms with E-state index in [0.29, 0.717) is 24.1 Å². The molecule has 1 heterocycles. The van der Waals surface area contributed by atoms with Gasteiger partial charge in [0.2, 0.25) is 11.8 Å². The number of methoxy groups -OCH3 is 1. The summed E-state index contributed by atoms with van der Waals surface area (Å²) in [5, 5.41) is 8.01. The van der Waals surface area contributed by atoms with E-state index in [9.17, 15) is 9.18 Å². The molecule has 0 spiro atoms. The molecule has 0 bridgehead atoms. The average Bonchev–Trinajstić information content (AvgIpc) is 3.14. The fourth-order valence-corrected chi connectivity index (χ4v) is 3.59. The van der Waals surface area contributed by atoms with Gasteiger partial charge in [0.05, 0.1) is 18.8 Å². The normalized spacial score (nSPS) is 11.9. The molecule has 0 saturated carbocycles. The molecule has 0 aliphatic carbocycles. The molecule has 0 aliphatic rings. The number of halogens is 1. The summed E-state index contributed by atoms with van der Waals surface area (Å²) in [5.41, 5.74) is 1.75. The zero-order chi connectivity index (χ0) is 20.8. The van der Waals surface area contributed by atoms with Crippen molar-refractivity contribution >= 4 is 17.7 Å². The first-order chi connectivity index (χ1) is 13.9. The van der Waals surface area contributed by atoms with E-state index in [1.165, 1.54) is 23.9 Å². The first kappa shape index (κ1) is 20.9. The predicted octanol–water partition coefficient (Wildman–Crippen LogP) is 3.95. The number of nitrogens with zero attached hydrogens (tertiary/aromatic N) is 3. The lowest BCUT2D eigenvalue weighted by atomic mass is 10.1. The highest BCUT2D eigenvalue weighted by Gasteiger charge is 2.22. The van der Waals surface area contributed by atoms with Crippen LogP contribution in [0.3, 0.4) is 0 Å². The van der Waals surface area contributed by atoms with Crippen LogP contribution < -0.4 is 4.74 Å². The minimum Gasteiger partial charge on any atom is -0.497 e. The van der Waals surface area contributed by atoms with Gasteiger partial charge in [0.15, 0.2) is 0 Å². The number of carbonyl (C=O) groups is 1. The smallest absolute Gasteiger partial charge is 0.277 e. The number of ether oxygens (including phenoxy) is 1. The predicted molar refractivity (Wildman–Crippen MR) is 108 cm³/mol. The first-order valence-electron chi connectivity index (χ1n) is 9.06. The molecule has 152 valence electrons. The van der Waals surface area contributed by atoms with E-state index in [1.807, 2.05) is 24.3 Å². The van der Waals surface area contributed by atoms with E-state index in [1.54, 1.807) is 38.1 Å². The second kappa shape index (κ2) is 9.56. The molecule has 3 rings (SSSR count). The lowest BCUT2D eigenvalue weighted by Crippen LogP contribution is -2.32. The average molecular weight is 415 g/mol. The van der Waals surface area contributed by atoms with Gasteiger partial charge in [0, 0.05) is 13.6 Å². The molecule has 6 nitrogen and oxygen atoms in total. The molecule has 0 N–H and O–H groups in total. The maximum Gasteiger partial charge on any atom is 0.277 e. The van der Waals surface area contributed by atoms with Crippen molar-refractivity contribution in [1.82, 2.24) is 15.1 Å². The molecule has 1 atom stereocenters. The summed E-state index contributed by atoms with van der Waals surface area (Å²) >= 11 is 1.21. The van der Waals surface area contributed by atoms with Crippen LogP contribution in [0.15, 0.2) is 58.2 Å². The molecule has 1 unspecified atom stereocenters. The molecule has 0 aliphatic heterocycles. The third-order valence-corrected chi connectivity index (χ3v) is 5.19. The maximum absolute atomic E-state index is 13.3. The van der Waals surface area contributed by atoms with Crippen LogP contribution in [0.5, 0.6) is 5.75 Å². The standard InChI is InChI=1S/C21H22FN3O3S/c1-14(20(26)25(2)13-16-5-4-6-17(22)11-16)29-21-24-23-19(28-21)12-15-7-9-18(27-3)10-8-15/h4-11,14H,12-13H2,1-3H3. The summed E-state index contributed by atoms with van der Waals surface area (Å²) in [7, 11) is 3.31. The van der Waals surface area contributed by atoms with E-state index in [4.69, 9.17) is 9.15 Å². The Labute approximate surface area is 173 Å². The van der Waals surface area contributed by atoms with Crippen molar-refractivity contribution in [2.45, 2.75) is 30.4 Å². The van der Waals surface area contributed by atoms with E-state index in [2.05, 4.69) is 10.2 Å². The van der Waals surface area contributed by atoms with Gasteiger partial charge in [-0.05, 0) is 42.3 Å². The molecule has 3 aromatic rings. The van der Waals surface area contributed by atoms with Crippen LogP contribution >= 0.6 is 11.8 Å². The molecule has 1 amide bonds. The summed E-state index contributed by atoms with van der Waals surface area (Å²) in [6.45, 7) is 2.11. The van der Waals surface area contributed by atoms with Gasteiger partial charge in [-0.15, -0.1) is 10.2 Å². The Morgan fingerprint density at radius 1 is 1.21 bits per heavy atom. The fourth-order valence-electron chi connectivity index (χ4n) is 2.77. The Morgan fingerprint density at radius 3 is 2.66 bits per heavy atom. The second-order valence-corrected chi connectivity index (χ2v) is 7.86. The number of amides is 1. The summed E-state index contributed by atoms with van der Waals surface area (Å²) < 4.78 is 24.1. The number of hydrogen-bond donors (Lipinski definition) is 0. The van der Waals surface area contributed by atoms with Crippen molar-refractivity contribution in [1.29, 1.82) is 0 Å². The van der Waals surface area contributed by atoms with Crippen molar-refractivity contribution in [3.05, 3.63) is 71.4 Å². The van der Waals surface area contributed by atoms with Gasteiger partial charge >= 0.3 is 0 Å². The van der Waals surface area contributed by atoms with Crippen molar-refractivity contribution in [2.24, 2.45) is 0 Å². The molecule has 1 aromatic heterocycles. The van der Waals surface area contributed by atoms with Crippen LogP contribution in [0.25, 0.3) is 0 Å². The van der Waals surface area contributed by atoms with Crippen LogP contribution in [0, 0.1) is 5.82 Å². The minimum atomic E-state index is -0.414. The highest BCUT2D eigenvalue weighted by Crippen LogP contribution is 2.24. The first-order valence-corrected chi connectivity index (χ1v) is 9.94. The van der Waals surface area contributed by atoms with E-state index >= 15 is 0 Å². The summed E-state index contributed by atoms with van der Waals surface area (Å²) in [6.07, 6.45) is 0.499. The largest absolute Gasteiger partial charge is 0.497 e. The van der Waals surface area contributed by atoms with Crippen LogP contribution in [-0.4, -0.2) is 40.4 Å². The topological polar surface area (TPSA) is 68.5 Å². The Balaban J connectivity index is 1.55. The molecule has 29 heavy (non-hydrogen) atoms. The van der Waals surface area contributed by atoms with E-state index in [-0.39, 0.29) is 11.7 Å². The molecule has 0 radical (unpaired) electrons. The number of thioether (sulfide) groups is 1. The van der Waals surface area contributed by atoms with Crippen LogP contribution in [-0.2, 0) is 17.8 Å². The summed E-state index contributed by atoms with van der Waals surface area (Å²) in [4.78, 5) is 14.2. The van der Waals surface area contributed by atoms with Crippen molar-refractivity contribution in [3.8, 4) is 5.75 Å². The lowest BCUT2D eigenvalue weighted by molar-refractivity contribution is -0.129. The maximum atomic E-state index is 13.3. The van der Waals surface area contributed by atoms with Gasteiger partial charge in [-0.1, -0.05) is 36.0 Å². The number of aromatic nitrogens is 2. The van der Waals surface area contributed by atoms with Gasteiger partial charge in [-0.25, -0.2) is 4.39 Å². The Hall–Kier alpha value is -2.87. The third kappa shape index (κ3) is 5.80. The Bertz CT molecular complexity index is 962. The molecular weight excluding hydrogens is 393 g/mol. The molecule has 2 aromatic carbocycles. The number of carbonyl (C=O) groups excluding carboxylic acids is 1. The van der Waals surface area contributed by atoms with Crippen LogP contribution in [0.4, 0.5) is 4.39 Å². The van der Waals surface area contributed by atoms with Gasteiger partial charge in [-0.2, -0.15) is 0 Å². The van der Waals surface area contributed by atoms with E-state index in [0.717, 1.165) is 16.9 Å². The lowest BCUT2D eigenvalue weighted by Gasteiger charge is -2.20. The number of rotatable bonds is 8. The van der Waals surface area contributed by atoms with Gasteiger partial charge in [0.1, 0.15) is 11.6 Å². The summed E-state index contributed by atoms with van der Waals surface area (Å²) in [6, 6.07) is 13.8. The number of hydrogen-bond acceptors (Lipinski definition) is 6. The Kier molecular flexibility index (Phi) is 6.87. The van der Waals surface area contributed by atoms with Crippen molar-refractivity contribution < 1.29 is 18.3 Å². The Morgan fingerprint density at radius 2 is 1.97 bits per heavy atom. The SMILES string of the molecule is COc1ccc(Cc2nnc(SC(C)C(=O)N(C)Cc3cccc(F)c3)o2)cc1. The van der Waals surface area contributed by atoms with E-state index < -0.39 is 5.25 Å². The van der Waals surface area contributed by atoms with Gasteiger partial charge < -0.3 is 14.1 Å². The highest BCUT2D eigenvalue weighted by molar-refractivity contribution is 8.00. The van der Waals surface area contributed by atoms with Gasteiger partial charge in [0.25, 0.3) is 5.22 Å². The summed E-state index contributed by atoms with van der Waals surface area (Å²) in [5.74, 6) is 0.839. The molecule has 8 heteroatoms. The minimum absolute atomic E-state index is 0.103. The highest BCUT2D eigenvalue weighted by atomic mass is 32.2. The molecule has 0 fully saturated rings. The monoisotopic (exact) mass is 415 g/mol. The van der Waals surface area contributed by atoms with Crippen LogP contribution in [0.2, 0.25) is 0 Å². The third-order valence-electron chi connectivity index (χ3n) is 4.27. The van der Waals surface area contributed by atoms with Crippen molar-refractivity contribution in [2.75, 3.05) is 14.2 Å². The molecular formula is C21H22FN3O3S. The zero-order valence-corrected chi connectivity index (χ0v) is 17.3. The zero-order valence-electron chi connectivity index (χ0n) is 16.5.